The van der Waals surface area contributed by atoms with Gasteiger partial charge < -0.3 is 0 Å². The summed E-state index contributed by atoms with van der Waals surface area (Å²) < 4.78 is 0. The Labute approximate surface area is 62.9 Å². The van der Waals surface area contributed by atoms with E-state index in [1.54, 1.807) is 0 Å². The van der Waals surface area contributed by atoms with E-state index in [1.807, 2.05) is 0 Å². The summed E-state index contributed by atoms with van der Waals surface area (Å²) >= 11 is 5.80. The third-order valence-electron chi connectivity index (χ3n) is 0.930. The molecule has 0 amide bonds. The molecule has 0 rings (SSSR count). The van der Waals surface area contributed by atoms with Crippen LogP contribution in [0, 0.1) is 12.8 Å². The van der Waals surface area contributed by atoms with Crippen molar-refractivity contribution in [2.75, 3.05) is 0 Å². The SMILES string of the molecule is [CH2]CCC(Cl)=CC(C)C. The smallest absolute Gasteiger partial charge is 0.0143 e. The van der Waals surface area contributed by atoms with Gasteiger partial charge in [0.25, 0.3) is 0 Å². The molecule has 0 aromatic rings. The summed E-state index contributed by atoms with van der Waals surface area (Å²) in [7, 11) is 0. The molecule has 0 bridgehead atoms. The maximum atomic E-state index is 5.80. The lowest BCUT2D eigenvalue weighted by atomic mass is 10.2. The van der Waals surface area contributed by atoms with Gasteiger partial charge in [-0.25, -0.2) is 0 Å². The van der Waals surface area contributed by atoms with Crippen LogP contribution in [0.5, 0.6) is 0 Å². The van der Waals surface area contributed by atoms with Crippen LogP contribution in [0.25, 0.3) is 0 Å². The Morgan fingerprint density at radius 1 is 1.67 bits per heavy atom. The van der Waals surface area contributed by atoms with Gasteiger partial charge in [0.2, 0.25) is 0 Å². The largest absolute Gasteiger partial charge is 0.0895 e. The number of allylic oxidation sites excluding steroid dienone is 2. The van der Waals surface area contributed by atoms with Gasteiger partial charge in [0.1, 0.15) is 0 Å². The zero-order valence-electron chi connectivity index (χ0n) is 6.15. The fourth-order valence-electron chi connectivity index (χ4n) is 0.614. The van der Waals surface area contributed by atoms with Crippen molar-refractivity contribution in [3.8, 4) is 0 Å². The molecule has 0 saturated carbocycles. The molecule has 0 aliphatic carbocycles. The van der Waals surface area contributed by atoms with Crippen LogP contribution in [0.3, 0.4) is 0 Å². The minimum Gasteiger partial charge on any atom is -0.0895 e. The lowest BCUT2D eigenvalue weighted by Gasteiger charge is -1.97. The van der Waals surface area contributed by atoms with E-state index in [9.17, 15) is 0 Å². The fourth-order valence-corrected chi connectivity index (χ4v) is 1.000. The Kier molecular flexibility index (Phi) is 4.88. The van der Waals surface area contributed by atoms with Crippen LogP contribution in [0.4, 0.5) is 0 Å². The Balaban J connectivity index is 3.55. The molecule has 9 heavy (non-hydrogen) atoms. The van der Waals surface area contributed by atoms with Crippen LogP contribution < -0.4 is 0 Å². The molecule has 0 aliphatic rings. The van der Waals surface area contributed by atoms with E-state index in [-0.39, 0.29) is 0 Å². The molecule has 0 N–H and O–H groups in total. The topological polar surface area (TPSA) is 0 Å². The molecule has 0 aliphatic heterocycles. The van der Waals surface area contributed by atoms with Crippen molar-refractivity contribution in [1.82, 2.24) is 0 Å². The van der Waals surface area contributed by atoms with Crippen LogP contribution in [0.2, 0.25) is 0 Å². The normalized spacial score (nSPS) is 12.8. The first kappa shape index (κ1) is 9.03. The number of hydrogen-bond donors (Lipinski definition) is 0. The van der Waals surface area contributed by atoms with Crippen molar-refractivity contribution in [2.24, 2.45) is 5.92 Å². The number of halogens is 1. The van der Waals surface area contributed by atoms with Crippen LogP contribution >= 0.6 is 11.6 Å². The fraction of sp³-hybridized carbons (Fsp3) is 0.625. The molecular weight excluding hydrogens is 132 g/mol. The molecule has 0 unspecified atom stereocenters. The highest BCUT2D eigenvalue weighted by Gasteiger charge is 1.91. The first-order chi connectivity index (χ1) is 4.16. The average Bonchev–Trinajstić information content (AvgIpc) is 1.63. The van der Waals surface area contributed by atoms with Crippen LogP contribution in [0.1, 0.15) is 26.7 Å². The van der Waals surface area contributed by atoms with E-state index in [4.69, 9.17) is 11.6 Å². The second-order valence-electron chi connectivity index (χ2n) is 2.46. The molecule has 0 saturated heterocycles. The summed E-state index contributed by atoms with van der Waals surface area (Å²) in [5.74, 6) is 0.559. The van der Waals surface area contributed by atoms with Crippen molar-refractivity contribution in [1.29, 1.82) is 0 Å². The minimum atomic E-state index is 0.559. The van der Waals surface area contributed by atoms with Crippen molar-refractivity contribution in [2.45, 2.75) is 26.7 Å². The zero-order valence-corrected chi connectivity index (χ0v) is 6.91. The monoisotopic (exact) mass is 145 g/mol. The van der Waals surface area contributed by atoms with E-state index in [1.165, 1.54) is 0 Å². The molecular formula is C8H14Cl. The van der Waals surface area contributed by atoms with E-state index in [2.05, 4.69) is 26.8 Å². The quantitative estimate of drug-likeness (QED) is 0.571. The molecule has 1 radical (unpaired) electrons. The third-order valence-corrected chi connectivity index (χ3v) is 1.24. The van der Waals surface area contributed by atoms with Crippen LogP contribution in [-0.2, 0) is 0 Å². The highest BCUT2D eigenvalue weighted by molar-refractivity contribution is 6.29. The predicted molar refractivity (Wildman–Crippen MR) is 43.4 cm³/mol. The minimum absolute atomic E-state index is 0.559. The highest BCUT2D eigenvalue weighted by atomic mass is 35.5. The molecule has 0 spiro atoms. The van der Waals surface area contributed by atoms with Gasteiger partial charge in [-0.3, -0.25) is 0 Å². The van der Waals surface area contributed by atoms with E-state index >= 15 is 0 Å². The third kappa shape index (κ3) is 5.91. The number of hydrogen-bond acceptors (Lipinski definition) is 0. The molecule has 0 heterocycles. The maximum absolute atomic E-state index is 5.80. The molecule has 1 heteroatoms. The Morgan fingerprint density at radius 3 is 2.56 bits per heavy atom. The summed E-state index contributed by atoms with van der Waals surface area (Å²) in [5, 5.41) is 0.944. The van der Waals surface area contributed by atoms with Crippen molar-refractivity contribution >= 4 is 11.6 Å². The van der Waals surface area contributed by atoms with Crippen molar-refractivity contribution in [3.05, 3.63) is 18.0 Å². The summed E-state index contributed by atoms with van der Waals surface area (Å²) in [6.07, 6.45) is 3.87. The number of rotatable bonds is 3. The van der Waals surface area contributed by atoms with E-state index < -0.39 is 0 Å². The second kappa shape index (κ2) is 4.87. The Bertz CT molecular complexity index is 92.7. The van der Waals surface area contributed by atoms with Crippen molar-refractivity contribution in [3.63, 3.8) is 0 Å². The van der Waals surface area contributed by atoms with Gasteiger partial charge >= 0.3 is 0 Å². The molecule has 0 nitrogen and oxygen atoms in total. The molecule has 0 atom stereocenters. The van der Waals surface area contributed by atoms with Gasteiger partial charge in [-0.2, -0.15) is 0 Å². The molecule has 0 aromatic heterocycles. The van der Waals surface area contributed by atoms with Crippen LogP contribution in [0.15, 0.2) is 11.1 Å². The van der Waals surface area contributed by atoms with Gasteiger partial charge in [-0.05, 0) is 18.8 Å². The van der Waals surface area contributed by atoms with Crippen LogP contribution in [-0.4, -0.2) is 0 Å². The van der Waals surface area contributed by atoms with Gasteiger partial charge in [0.05, 0.1) is 0 Å². The summed E-state index contributed by atoms with van der Waals surface area (Å²) in [6, 6.07) is 0. The summed E-state index contributed by atoms with van der Waals surface area (Å²) in [4.78, 5) is 0. The van der Waals surface area contributed by atoms with Crippen molar-refractivity contribution < 1.29 is 0 Å². The first-order valence-corrected chi connectivity index (χ1v) is 3.70. The predicted octanol–water partition coefficient (Wildman–Crippen LogP) is 3.38. The molecule has 0 fully saturated rings. The molecule has 0 aromatic carbocycles. The van der Waals surface area contributed by atoms with Gasteiger partial charge in [0, 0.05) is 5.03 Å². The van der Waals surface area contributed by atoms with Gasteiger partial charge in [-0.1, -0.05) is 38.4 Å². The zero-order chi connectivity index (χ0) is 7.28. The summed E-state index contributed by atoms with van der Waals surface area (Å²) in [6.45, 7) is 7.94. The summed E-state index contributed by atoms with van der Waals surface area (Å²) in [5.41, 5.74) is 0. The van der Waals surface area contributed by atoms with Gasteiger partial charge in [0.15, 0.2) is 0 Å². The highest BCUT2D eigenvalue weighted by Crippen LogP contribution is 2.12. The Morgan fingerprint density at radius 2 is 2.22 bits per heavy atom. The van der Waals surface area contributed by atoms with Gasteiger partial charge in [-0.15, -0.1) is 0 Å². The second-order valence-corrected chi connectivity index (χ2v) is 2.95. The Hall–Kier alpha value is 0.0300. The average molecular weight is 146 g/mol. The van der Waals surface area contributed by atoms with E-state index in [0.29, 0.717) is 5.92 Å². The lowest BCUT2D eigenvalue weighted by molar-refractivity contribution is 0.819. The maximum Gasteiger partial charge on any atom is 0.0143 e. The molecule has 53 valence electrons. The first-order valence-electron chi connectivity index (χ1n) is 3.32. The van der Waals surface area contributed by atoms with E-state index in [0.717, 1.165) is 17.9 Å². The lowest BCUT2D eigenvalue weighted by Crippen LogP contribution is -1.80. The standard InChI is InChI=1S/C8H14Cl/c1-4-5-8(9)6-7(2)3/h6-7H,1,4-5H2,2-3H3.